The molecule has 0 atom stereocenters. The highest BCUT2D eigenvalue weighted by molar-refractivity contribution is 9.10. The number of carbonyl (C=O) groups is 2. The molecule has 0 saturated carbocycles. The summed E-state index contributed by atoms with van der Waals surface area (Å²) < 4.78 is 5.09. The number of nitrogens with two attached hydrogens (primary N) is 1. The van der Waals surface area contributed by atoms with E-state index in [4.69, 9.17) is 5.73 Å². The lowest BCUT2D eigenvalue weighted by atomic mass is 9.95. The minimum absolute atomic E-state index is 0.374. The molecule has 0 aliphatic carbocycles. The third-order valence-corrected chi connectivity index (χ3v) is 7.62. The van der Waals surface area contributed by atoms with Gasteiger partial charge in [0.25, 0.3) is 11.8 Å². The largest absolute Gasteiger partial charge is 0.350 e. The first-order chi connectivity index (χ1) is 17.5. The van der Waals surface area contributed by atoms with E-state index >= 15 is 0 Å². The molecular formula is C29H23BrN4O2. The van der Waals surface area contributed by atoms with Crippen LogP contribution in [0.3, 0.4) is 0 Å². The van der Waals surface area contributed by atoms with E-state index in [1.165, 1.54) is 0 Å². The van der Waals surface area contributed by atoms with Crippen molar-refractivity contribution >= 4 is 60.7 Å². The van der Waals surface area contributed by atoms with Gasteiger partial charge in [0.2, 0.25) is 0 Å². The molecule has 1 aliphatic rings. The fourth-order valence-electron chi connectivity index (χ4n) is 5.15. The fraction of sp³-hybridized carbons (Fsp3) is 0.103. The van der Waals surface area contributed by atoms with E-state index in [0.29, 0.717) is 24.2 Å². The highest BCUT2D eigenvalue weighted by Crippen LogP contribution is 2.39. The van der Waals surface area contributed by atoms with Crippen molar-refractivity contribution in [2.24, 2.45) is 12.8 Å². The van der Waals surface area contributed by atoms with Crippen LogP contribution in [0.5, 0.6) is 0 Å². The van der Waals surface area contributed by atoms with Crippen LogP contribution in [0.2, 0.25) is 0 Å². The SMILES string of the molecule is Cn1cc(C2=C(c3cn(Cc4cc(CN)ccc4Br)c4ccccc34)C(=O)NC2=O)c2ccccc21. The van der Waals surface area contributed by atoms with Crippen molar-refractivity contribution in [2.45, 2.75) is 13.1 Å². The smallest absolute Gasteiger partial charge is 0.259 e. The Bertz CT molecular complexity index is 1740. The van der Waals surface area contributed by atoms with Crippen molar-refractivity contribution < 1.29 is 9.59 Å². The number of aromatic nitrogens is 2. The zero-order valence-corrected chi connectivity index (χ0v) is 21.2. The quantitative estimate of drug-likeness (QED) is 0.310. The number of halogens is 1. The molecule has 1 aliphatic heterocycles. The number of imide groups is 1. The van der Waals surface area contributed by atoms with Gasteiger partial charge < -0.3 is 14.9 Å². The molecule has 7 heteroatoms. The van der Waals surface area contributed by atoms with Crippen molar-refractivity contribution in [1.29, 1.82) is 0 Å². The summed E-state index contributed by atoms with van der Waals surface area (Å²) in [5.74, 6) is -0.751. The maximum absolute atomic E-state index is 13.2. The Labute approximate surface area is 216 Å². The highest BCUT2D eigenvalue weighted by Gasteiger charge is 2.35. The third kappa shape index (κ3) is 3.51. The third-order valence-electron chi connectivity index (χ3n) is 6.84. The molecule has 3 aromatic carbocycles. The van der Waals surface area contributed by atoms with Crippen molar-refractivity contribution in [3.05, 3.63) is 106 Å². The topological polar surface area (TPSA) is 82.0 Å². The van der Waals surface area contributed by atoms with E-state index in [0.717, 1.165) is 48.5 Å². The monoisotopic (exact) mass is 538 g/mol. The number of amides is 2. The maximum atomic E-state index is 13.2. The van der Waals surface area contributed by atoms with Gasteiger partial charge in [-0.3, -0.25) is 14.9 Å². The van der Waals surface area contributed by atoms with Crippen LogP contribution in [-0.4, -0.2) is 20.9 Å². The Morgan fingerprint density at radius 2 is 1.44 bits per heavy atom. The summed E-state index contributed by atoms with van der Waals surface area (Å²) in [5, 5.41) is 4.40. The van der Waals surface area contributed by atoms with Gasteiger partial charge in [-0.05, 0) is 29.3 Å². The summed E-state index contributed by atoms with van der Waals surface area (Å²) >= 11 is 3.66. The molecular weight excluding hydrogens is 516 g/mol. The van der Waals surface area contributed by atoms with Gasteiger partial charge >= 0.3 is 0 Å². The number of hydrogen-bond acceptors (Lipinski definition) is 3. The van der Waals surface area contributed by atoms with Gasteiger partial charge in [-0.2, -0.15) is 0 Å². The van der Waals surface area contributed by atoms with Crippen molar-refractivity contribution in [2.75, 3.05) is 0 Å². The number of carbonyl (C=O) groups excluding carboxylic acids is 2. The molecule has 2 aromatic heterocycles. The highest BCUT2D eigenvalue weighted by atomic mass is 79.9. The lowest BCUT2D eigenvalue weighted by Gasteiger charge is -2.09. The standard InChI is InChI=1S/C29H23BrN4O2/c1-33-15-21(19-6-2-4-8-24(19)33)26-27(29(36)32-28(26)35)22-16-34(25-9-5-3-7-20(22)25)14-18-12-17(13-31)10-11-23(18)30/h2-12,15-16H,13-14,31H2,1H3,(H,32,35,36). The molecule has 0 spiro atoms. The first-order valence-electron chi connectivity index (χ1n) is 11.7. The van der Waals surface area contributed by atoms with Crippen LogP contribution in [0.15, 0.2) is 83.6 Å². The molecule has 0 unspecified atom stereocenters. The summed E-state index contributed by atoms with van der Waals surface area (Å²) in [7, 11) is 1.94. The van der Waals surface area contributed by atoms with Crippen LogP contribution in [0.25, 0.3) is 33.0 Å². The number of benzene rings is 3. The van der Waals surface area contributed by atoms with Crippen LogP contribution in [0.4, 0.5) is 0 Å². The predicted molar refractivity (Wildman–Crippen MR) is 146 cm³/mol. The molecule has 6 rings (SSSR count). The Balaban J connectivity index is 1.58. The normalized spacial score (nSPS) is 13.9. The predicted octanol–water partition coefficient (Wildman–Crippen LogP) is 4.97. The number of rotatable bonds is 5. The van der Waals surface area contributed by atoms with Crippen LogP contribution >= 0.6 is 15.9 Å². The second kappa shape index (κ2) is 8.62. The molecule has 2 amide bonds. The van der Waals surface area contributed by atoms with E-state index in [2.05, 4.69) is 31.9 Å². The van der Waals surface area contributed by atoms with Gasteiger partial charge in [0, 0.05) is 69.9 Å². The lowest BCUT2D eigenvalue weighted by Crippen LogP contribution is -2.22. The number of nitrogens with zero attached hydrogens (tertiary/aromatic N) is 2. The first kappa shape index (κ1) is 22.5. The van der Waals surface area contributed by atoms with Gasteiger partial charge in [0.05, 0.1) is 11.1 Å². The summed E-state index contributed by atoms with van der Waals surface area (Å²) in [6.45, 7) is 1.04. The van der Waals surface area contributed by atoms with Gasteiger partial charge in [-0.25, -0.2) is 0 Å². The zero-order valence-electron chi connectivity index (χ0n) is 19.6. The maximum Gasteiger partial charge on any atom is 0.259 e. The van der Waals surface area contributed by atoms with Crippen LogP contribution in [0.1, 0.15) is 22.3 Å². The van der Waals surface area contributed by atoms with Gasteiger partial charge in [-0.1, -0.05) is 64.5 Å². The zero-order chi connectivity index (χ0) is 25.0. The molecule has 0 bridgehead atoms. The number of hydrogen-bond donors (Lipinski definition) is 2. The fourth-order valence-corrected chi connectivity index (χ4v) is 5.52. The molecule has 0 fully saturated rings. The first-order valence-corrected chi connectivity index (χ1v) is 12.5. The van der Waals surface area contributed by atoms with Gasteiger partial charge in [-0.15, -0.1) is 0 Å². The molecule has 36 heavy (non-hydrogen) atoms. The van der Waals surface area contributed by atoms with Crippen LogP contribution in [-0.2, 0) is 29.7 Å². The second-order valence-corrected chi connectivity index (χ2v) is 9.88. The molecule has 3 N–H and O–H groups in total. The minimum Gasteiger partial charge on any atom is -0.350 e. The average molecular weight is 539 g/mol. The minimum atomic E-state index is -0.378. The molecule has 3 heterocycles. The van der Waals surface area contributed by atoms with Crippen molar-refractivity contribution in [1.82, 2.24) is 14.5 Å². The summed E-state index contributed by atoms with van der Waals surface area (Å²) in [5.41, 5.74) is 12.3. The number of nitrogens with one attached hydrogen (secondary N) is 1. The molecule has 0 radical (unpaired) electrons. The molecule has 6 nitrogen and oxygen atoms in total. The van der Waals surface area contributed by atoms with E-state index in [1.54, 1.807) is 0 Å². The van der Waals surface area contributed by atoms with Crippen LogP contribution in [0, 0.1) is 0 Å². The van der Waals surface area contributed by atoms with Crippen molar-refractivity contribution in [3.63, 3.8) is 0 Å². The number of fused-ring (bicyclic) bond motifs is 2. The Morgan fingerprint density at radius 3 is 2.14 bits per heavy atom. The Kier molecular flexibility index (Phi) is 5.39. The van der Waals surface area contributed by atoms with Gasteiger partial charge in [0.15, 0.2) is 0 Å². The number of para-hydroxylation sites is 2. The second-order valence-electron chi connectivity index (χ2n) is 9.02. The van der Waals surface area contributed by atoms with E-state index in [9.17, 15) is 9.59 Å². The van der Waals surface area contributed by atoms with Crippen LogP contribution < -0.4 is 11.1 Å². The molecule has 0 saturated heterocycles. The van der Waals surface area contributed by atoms with Gasteiger partial charge in [0.1, 0.15) is 0 Å². The molecule has 5 aromatic rings. The average Bonchev–Trinajstić information content (AvgIpc) is 3.51. The Hall–Kier alpha value is -3.94. The number of aryl methyl sites for hydroxylation is 1. The van der Waals surface area contributed by atoms with E-state index in [1.807, 2.05) is 84.7 Å². The summed E-state index contributed by atoms with van der Waals surface area (Å²) in [4.78, 5) is 26.4. The summed E-state index contributed by atoms with van der Waals surface area (Å²) in [6, 6.07) is 22.0. The van der Waals surface area contributed by atoms with Crippen molar-refractivity contribution in [3.8, 4) is 0 Å². The summed E-state index contributed by atoms with van der Waals surface area (Å²) in [6.07, 6.45) is 3.90. The Morgan fingerprint density at radius 1 is 0.833 bits per heavy atom. The van der Waals surface area contributed by atoms with E-state index in [-0.39, 0.29) is 11.8 Å². The molecule has 178 valence electrons. The van der Waals surface area contributed by atoms with E-state index < -0.39 is 0 Å². The lowest BCUT2D eigenvalue weighted by molar-refractivity contribution is -0.122.